The minimum Gasteiger partial charge on any atom is -0.336 e. The molecular weight excluding hydrogens is 272 g/mol. The van der Waals surface area contributed by atoms with Gasteiger partial charge in [0.2, 0.25) is 0 Å². The van der Waals surface area contributed by atoms with Crippen LogP contribution < -0.4 is 10.6 Å². The van der Waals surface area contributed by atoms with Gasteiger partial charge in [-0.1, -0.05) is 6.07 Å². The molecule has 2 heterocycles. The lowest BCUT2D eigenvalue weighted by Gasteiger charge is -2.23. The molecule has 106 valence electrons. The first-order valence-electron chi connectivity index (χ1n) is 6.31. The standard InChI is InChI=1S/C14H18N4OS/c1-18(2)12(13-4-3-9-20-13)10-16-14(19)17-11-5-7-15-8-6-11/h3-9,12H,10H2,1-2H3,(H2,15,16,17,19). The molecule has 20 heavy (non-hydrogen) atoms. The molecule has 0 saturated heterocycles. The molecule has 2 aromatic heterocycles. The van der Waals surface area contributed by atoms with Crippen LogP contribution in [-0.2, 0) is 0 Å². The summed E-state index contributed by atoms with van der Waals surface area (Å²) < 4.78 is 0. The van der Waals surface area contributed by atoms with Crippen LogP contribution in [0.2, 0.25) is 0 Å². The van der Waals surface area contributed by atoms with Crippen LogP contribution in [0.15, 0.2) is 42.0 Å². The first kappa shape index (κ1) is 14.5. The van der Waals surface area contributed by atoms with Crippen molar-refractivity contribution in [2.24, 2.45) is 0 Å². The van der Waals surface area contributed by atoms with Crippen LogP contribution in [0.5, 0.6) is 0 Å². The fraction of sp³-hybridized carbons (Fsp3) is 0.286. The molecule has 0 saturated carbocycles. The van der Waals surface area contributed by atoms with Gasteiger partial charge in [-0.3, -0.25) is 4.98 Å². The maximum atomic E-state index is 11.9. The van der Waals surface area contributed by atoms with Gasteiger partial charge in [0.05, 0.1) is 6.04 Å². The first-order valence-corrected chi connectivity index (χ1v) is 7.19. The SMILES string of the molecule is CN(C)C(CNC(=O)Nc1ccncc1)c1cccs1. The van der Waals surface area contributed by atoms with Crippen LogP contribution in [0.25, 0.3) is 0 Å². The number of rotatable bonds is 5. The summed E-state index contributed by atoms with van der Waals surface area (Å²) in [7, 11) is 4.01. The van der Waals surface area contributed by atoms with Crippen molar-refractivity contribution >= 4 is 23.1 Å². The Morgan fingerprint density at radius 3 is 2.70 bits per heavy atom. The predicted octanol–water partition coefficient (Wildman–Crippen LogP) is 2.57. The molecule has 2 rings (SSSR count). The third kappa shape index (κ3) is 4.04. The Hall–Kier alpha value is -1.92. The number of nitrogens with one attached hydrogen (secondary N) is 2. The molecule has 0 aromatic carbocycles. The van der Waals surface area contributed by atoms with E-state index in [1.54, 1.807) is 35.9 Å². The summed E-state index contributed by atoms with van der Waals surface area (Å²) in [6.07, 6.45) is 3.29. The van der Waals surface area contributed by atoms with Gasteiger partial charge >= 0.3 is 6.03 Å². The van der Waals surface area contributed by atoms with E-state index in [0.717, 1.165) is 5.69 Å². The number of nitrogens with zero attached hydrogens (tertiary/aromatic N) is 2. The monoisotopic (exact) mass is 290 g/mol. The number of likely N-dealkylation sites (N-methyl/N-ethyl adjacent to an activating group) is 1. The zero-order valence-corrected chi connectivity index (χ0v) is 12.4. The second-order valence-electron chi connectivity index (χ2n) is 4.57. The van der Waals surface area contributed by atoms with Gasteiger partial charge < -0.3 is 15.5 Å². The van der Waals surface area contributed by atoms with Crippen LogP contribution in [0.4, 0.5) is 10.5 Å². The van der Waals surface area contributed by atoms with E-state index < -0.39 is 0 Å². The van der Waals surface area contributed by atoms with Gasteiger partial charge in [0.25, 0.3) is 0 Å². The molecule has 0 aliphatic heterocycles. The number of carbonyl (C=O) groups excluding carboxylic acids is 1. The van der Waals surface area contributed by atoms with Gasteiger partial charge in [0.15, 0.2) is 0 Å². The Balaban J connectivity index is 1.88. The summed E-state index contributed by atoms with van der Waals surface area (Å²) in [5.74, 6) is 0. The Morgan fingerprint density at radius 2 is 2.10 bits per heavy atom. The topological polar surface area (TPSA) is 57.3 Å². The predicted molar refractivity (Wildman–Crippen MR) is 82.0 cm³/mol. The van der Waals surface area contributed by atoms with Crippen LogP contribution in [0.3, 0.4) is 0 Å². The Bertz CT molecular complexity index is 527. The number of pyridine rings is 1. The highest BCUT2D eigenvalue weighted by molar-refractivity contribution is 7.10. The fourth-order valence-electron chi connectivity index (χ4n) is 1.82. The number of hydrogen-bond acceptors (Lipinski definition) is 4. The van der Waals surface area contributed by atoms with Crippen molar-refractivity contribution in [3.8, 4) is 0 Å². The summed E-state index contributed by atoms with van der Waals surface area (Å²) in [5, 5.41) is 7.72. The van der Waals surface area contributed by atoms with Crippen molar-refractivity contribution in [2.45, 2.75) is 6.04 Å². The van der Waals surface area contributed by atoms with Crippen molar-refractivity contribution in [1.82, 2.24) is 15.2 Å². The highest BCUT2D eigenvalue weighted by atomic mass is 32.1. The maximum Gasteiger partial charge on any atom is 0.319 e. The Morgan fingerprint density at radius 1 is 1.35 bits per heavy atom. The van der Waals surface area contributed by atoms with E-state index in [4.69, 9.17) is 0 Å². The molecule has 0 aliphatic rings. The number of urea groups is 1. The molecule has 0 radical (unpaired) electrons. The number of thiophene rings is 1. The smallest absolute Gasteiger partial charge is 0.319 e. The summed E-state index contributed by atoms with van der Waals surface area (Å²) in [4.78, 5) is 19.1. The lowest BCUT2D eigenvalue weighted by Crippen LogP contribution is -2.36. The number of anilines is 1. The molecule has 1 atom stereocenters. The Kier molecular flexibility index (Phi) is 5.09. The van der Waals surface area contributed by atoms with Crippen LogP contribution in [-0.4, -0.2) is 36.6 Å². The van der Waals surface area contributed by atoms with E-state index in [0.29, 0.717) is 6.54 Å². The second-order valence-corrected chi connectivity index (χ2v) is 5.55. The van der Waals surface area contributed by atoms with E-state index >= 15 is 0 Å². The molecular formula is C14H18N4OS. The highest BCUT2D eigenvalue weighted by Gasteiger charge is 2.16. The van der Waals surface area contributed by atoms with Gasteiger partial charge in [-0.05, 0) is 37.7 Å². The first-order chi connectivity index (χ1) is 9.66. The molecule has 2 amide bonds. The van der Waals surface area contributed by atoms with Gasteiger partial charge in [-0.2, -0.15) is 0 Å². The summed E-state index contributed by atoms with van der Waals surface area (Å²) in [6, 6.07) is 7.58. The van der Waals surface area contributed by atoms with Crippen molar-refractivity contribution in [3.05, 3.63) is 46.9 Å². The molecule has 2 N–H and O–H groups in total. The summed E-state index contributed by atoms with van der Waals surface area (Å²) >= 11 is 1.69. The zero-order valence-electron chi connectivity index (χ0n) is 11.5. The van der Waals surface area contributed by atoms with E-state index in [1.807, 2.05) is 25.5 Å². The van der Waals surface area contributed by atoms with Crippen LogP contribution in [0, 0.1) is 0 Å². The molecule has 0 bridgehead atoms. The van der Waals surface area contributed by atoms with Gasteiger partial charge in [-0.25, -0.2) is 4.79 Å². The van der Waals surface area contributed by atoms with Crippen molar-refractivity contribution in [2.75, 3.05) is 26.0 Å². The molecule has 2 aromatic rings. The molecule has 0 fully saturated rings. The minimum absolute atomic E-state index is 0.179. The molecule has 5 nitrogen and oxygen atoms in total. The molecule has 1 unspecified atom stereocenters. The molecule has 6 heteroatoms. The van der Waals surface area contributed by atoms with Crippen molar-refractivity contribution in [1.29, 1.82) is 0 Å². The van der Waals surface area contributed by atoms with Crippen molar-refractivity contribution < 1.29 is 4.79 Å². The molecule has 0 spiro atoms. The zero-order chi connectivity index (χ0) is 14.4. The fourth-order valence-corrected chi connectivity index (χ4v) is 2.74. The summed E-state index contributed by atoms with van der Waals surface area (Å²) in [5.41, 5.74) is 0.732. The highest BCUT2D eigenvalue weighted by Crippen LogP contribution is 2.22. The summed E-state index contributed by atoms with van der Waals surface area (Å²) in [6.45, 7) is 0.560. The van der Waals surface area contributed by atoms with Crippen molar-refractivity contribution in [3.63, 3.8) is 0 Å². The average Bonchev–Trinajstić information content (AvgIpc) is 2.93. The normalized spacial score (nSPS) is 12.2. The van der Waals surface area contributed by atoms with E-state index in [-0.39, 0.29) is 12.1 Å². The van der Waals surface area contributed by atoms with Crippen LogP contribution in [0.1, 0.15) is 10.9 Å². The van der Waals surface area contributed by atoms with Gasteiger partial charge in [0.1, 0.15) is 0 Å². The number of hydrogen-bond donors (Lipinski definition) is 2. The number of aromatic nitrogens is 1. The average molecular weight is 290 g/mol. The second kappa shape index (κ2) is 7.02. The van der Waals surface area contributed by atoms with E-state index in [9.17, 15) is 4.79 Å². The molecule has 0 aliphatic carbocycles. The lowest BCUT2D eigenvalue weighted by molar-refractivity contribution is 0.244. The van der Waals surface area contributed by atoms with Crippen LogP contribution >= 0.6 is 11.3 Å². The quantitative estimate of drug-likeness (QED) is 0.890. The minimum atomic E-state index is -0.209. The number of carbonyl (C=O) groups is 1. The largest absolute Gasteiger partial charge is 0.336 e. The van der Waals surface area contributed by atoms with E-state index in [1.165, 1.54) is 4.88 Å². The van der Waals surface area contributed by atoms with Gasteiger partial charge in [-0.15, -0.1) is 11.3 Å². The maximum absolute atomic E-state index is 11.9. The van der Waals surface area contributed by atoms with E-state index in [2.05, 4.69) is 26.6 Å². The third-order valence-corrected chi connectivity index (χ3v) is 3.86. The Labute approximate surface area is 122 Å². The lowest BCUT2D eigenvalue weighted by atomic mass is 10.2. The van der Waals surface area contributed by atoms with Gasteiger partial charge in [0, 0.05) is 29.5 Å². The number of amides is 2. The third-order valence-electron chi connectivity index (χ3n) is 2.89.